The molecular weight excluding hydrogens is 371 g/mol. The zero-order chi connectivity index (χ0) is 17.7. The lowest BCUT2D eigenvalue weighted by molar-refractivity contribution is 0.0601. The predicted octanol–water partition coefficient (Wildman–Crippen LogP) is 4.60. The van der Waals surface area contributed by atoms with Gasteiger partial charge in [-0.25, -0.2) is 4.79 Å². The van der Waals surface area contributed by atoms with Crippen molar-refractivity contribution in [2.24, 2.45) is 0 Å². The molecule has 0 saturated carbocycles. The van der Waals surface area contributed by atoms with Crippen molar-refractivity contribution in [2.45, 2.75) is 0 Å². The summed E-state index contributed by atoms with van der Waals surface area (Å²) >= 11 is 17.1. The summed E-state index contributed by atoms with van der Waals surface area (Å²) in [5.74, 6) is 0.0741. The molecule has 0 fully saturated rings. The van der Waals surface area contributed by atoms with Gasteiger partial charge in [-0.15, -0.1) is 0 Å². The summed E-state index contributed by atoms with van der Waals surface area (Å²) in [6.45, 7) is 0. The number of esters is 1. The second-order valence-corrected chi connectivity index (χ2v) is 5.84. The minimum absolute atomic E-state index is 0.300. The molecule has 0 aliphatic heterocycles. The van der Waals surface area contributed by atoms with Crippen LogP contribution in [-0.4, -0.2) is 25.3 Å². The number of ether oxygens (including phenoxy) is 2. The van der Waals surface area contributed by atoms with E-state index in [9.17, 15) is 4.79 Å². The first kappa shape index (κ1) is 18.3. The van der Waals surface area contributed by atoms with Gasteiger partial charge in [0.15, 0.2) is 5.11 Å². The fourth-order valence-corrected chi connectivity index (χ4v) is 2.43. The average Bonchev–Trinajstić information content (AvgIpc) is 2.57. The molecule has 0 heterocycles. The van der Waals surface area contributed by atoms with Crippen LogP contribution in [0.1, 0.15) is 10.4 Å². The third kappa shape index (κ3) is 4.50. The van der Waals surface area contributed by atoms with E-state index in [1.807, 2.05) is 0 Å². The van der Waals surface area contributed by atoms with Crippen molar-refractivity contribution in [3.63, 3.8) is 0 Å². The van der Waals surface area contributed by atoms with Crippen LogP contribution in [0.2, 0.25) is 10.0 Å². The molecular formula is C16H14Cl2N2O3S. The van der Waals surface area contributed by atoms with Crippen LogP contribution >= 0.6 is 35.4 Å². The molecule has 0 aromatic heterocycles. The number of rotatable bonds is 4. The second kappa shape index (κ2) is 8.19. The number of benzene rings is 2. The number of nitrogens with one attached hydrogen (secondary N) is 2. The lowest BCUT2D eigenvalue weighted by Gasteiger charge is -2.14. The van der Waals surface area contributed by atoms with Gasteiger partial charge in [-0.05, 0) is 48.6 Å². The Hall–Kier alpha value is -2.02. The Morgan fingerprint density at radius 2 is 1.79 bits per heavy atom. The van der Waals surface area contributed by atoms with Gasteiger partial charge in [0.05, 0.1) is 35.5 Å². The molecule has 5 nitrogen and oxygen atoms in total. The smallest absolute Gasteiger partial charge is 0.337 e. The van der Waals surface area contributed by atoms with E-state index in [0.717, 1.165) is 0 Å². The lowest BCUT2D eigenvalue weighted by atomic mass is 10.2. The van der Waals surface area contributed by atoms with Gasteiger partial charge in [0, 0.05) is 5.69 Å². The molecule has 0 aliphatic carbocycles. The normalized spacial score (nSPS) is 10.0. The third-order valence-corrected chi connectivity index (χ3v) is 3.99. The van der Waals surface area contributed by atoms with Gasteiger partial charge in [0.1, 0.15) is 5.75 Å². The SMILES string of the molecule is COC(=O)c1ccc(OC)c(NC(=S)Nc2ccc(Cl)c(Cl)c2)c1. The molecule has 2 aromatic rings. The summed E-state index contributed by atoms with van der Waals surface area (Å²) in [7, 11) is 2.84. The highest BCUT2D eigenvalue weighted by atomic mass is 35.5. The highest BCUT2D eigenvalue weighted by molar-refractivity contribution is 7.80. The summed E-state index contributed by atoms with van der Waals surface area (Å²) in [4.78, 5) is 11.6. The Balaban J connectivity index is 2.17. The van der Waals surface area contributed by atoms with E-state index in [4.69, 9.17) is 44.9 Å². The zero-order valence-corrected chi connectivity index (χ0v) is 15.2. The fraction of sp³-hybridized carbons (Fsp3) is 0.125. The quantitative estimate of drug-likeness (QED) is 0.593. The monoisotopic (exact) mass is 384 g/mol. The highest BCUT2D eigenvalue weighted by Gasteiger charge is 2.12. The molecule has 0 atom stereocenters. The van der Waals surface area contributed by atoms with E-state index in [1.165, 1.54) is 14.2 Å². The molecule has 0 aliphatic rings. The number of carbonyl (C=O) groups is 1. The molecule has 0 bridgehead atoms. The zero-order valence-electron chi connectivity index (χ0n) is 12.9. The van der Waals surface area contributed by atoms with E-state index in [1.54, 1.807) is 36.4 Å². The van der Waals surface area contributed by atoms with E-state index in [-0.39, 0.29) is 0 Å². The number of methoxy groups -OCH3 is 2. The molecule has 2 rings (SSSR count). The summed E-state index contributed by atoms with van der Waals surface area (Å²) in [6.07, 6.45) is 0. The van der Waals surface area contributed by atoms with Crippen molar-refractivity contribution >= 4 is 57.9 Å². The molecule has 126 valence electrons. The minimum atomic E-state index is -0.455. The van der Waals surface area contributed by atoms with Crippen molar-refractivity contribution in [1.82, 2.24) is 0 Å². The lowest BCUT2D eigenvalue weighted by Crippen LogP contribution is -2.19. The van der Waals surface area contributed by atoms with Gasteiger partial charge in [-0.1, -0.05) is 23.2 Å². The first-order chi connectivity index (χ1) is 11.4. The number of anilines is 2. The largest absolute Gasteiger partial charge is 0.495 e. The predicted molar refractivity (Wildman–Crippen MR) is 101 cm³/mol. The molecule has 0 radical (unpaired) electrons. The van der Waals surface area contributed by atoms with E-state index in [0.29, 0.717) is 37.8 Å². The van der Waals surface area contributed by atoms with Crippen LogP contribution in [-0.2, 0) is 4.74 Å². The van der Waals surface area contributed by atoms with Gasteiger partial charge in [0.2, 0.25) is 0 Å². The summed E-state index contributed by atoms with van der Waals surface area (Å²) < 4.78 is 9.97. The minimum Gasteiger partial charge on any atom is -0.495 e. The number of thiocarbonyl (C=S) groups is 1. The third-order valence-electron chi connectivity index (χ3n) is 3.05. The molecule has 2 N–H and O–H groups in total. The van der Waals surface area contributed by atoms with Crippen LogP contribution in [0.25, 0.3) is 0 Å². The Kier molecular flexibility index (Phi) is 6.25. The maximum Gasteiger partial charge on any atom is 0.337 e. The van der Waals surface area contributed by atoms with Crippen LogP contribution in [0, 0.1) is 0 Å². The van der Waals surface area contributed by atoms with Crippen molar-refractivity contribution in [1.29, 1.82) is 0 Å². The van der Waals surface area contributed by atoms with Crippen LogP contribution in [0.15, 0.2) is 36.4 Å². The maximum atomic E-state index is 11.6. The van der Waals surface area contributed by atoms with Crippen molar-refractivity contribution in [3.8, 4) is 5.75 Å². The summed E-state index contributed by atoms with van der Waals surface area (Å²) in [6, 6.07) is 9.90. The van der Waals surface area contributed by atoms with Gasteiger partial charge in [-0.3, -0.25) is 0 Å². The molecule has 0 spiro atoms. The highest BCUT2D eigenvalue weighted by Crippen LogP contribution is 2.27. The summed E-state index contributed by atoms with van der Waals surface area (Å²) in [5, 5.41) is 7.12. The van der Waals surface area contributed by atoms with Gasteiger partial charge >= 0.3 is 5.97 Å². The van der Waals surface area contributed by atoms with E-state index >= 15 is 0 Å². The van der Waals surface area contributed by atoms with Crippen molar-refractivity contribution in [2.75, 3.05) is 24.9 Å². The average molecular weight is 385 g/mol. The molecule has 0 amide bonds. The first-order valence-electron chi connectivity index (χ1n) is 6.74. The van der Waals surface area contributed by atoms with Crippen LogP contribution in [0.4, 0.5) is 11.4 Å². The number of carbonyl (C=O) groups excluding carboxylic acids is 1. The molecule has 8 heteroatoms. The Morgan fingerprint density at radius 3 is 2.42 bits per heavy atom. The molecule has 2 aromatic carbocycles. The Bertz CT molecular complexity index is 784. The summed E-state index contributed by atoms with van der Waals surface area (Å²) in [5.41, 5.74) is 1.57. The van der Waals surface area contributed by atoms with Crippen molar-refractivity contribution < 1.29 is 14.3 Å². The van der Waals surface area contributed by atoms with E-state index < -0.39 is 5.97 Å². The van der Waals surface area contributed by atoms with Crippen LogP contribution in [0.3, 0.4) is 0 Å². The molecule has 24 heavy (non-hydrogen) atoms. The second-order valence-electron chi connectivity index (χ2n) is 4.61. The van der Waals surface area contributed by atoms with E-state index in [2.05, 4.69) is 10.6 Å². The first-order valence-corrected chi connectivity index (χ1v) is 7.90. The Labute approximate surface area is 154 Å². The maximum absolute atomic E-state index is 11.6. The van der Waals surface area contributed by atoms with Crippen LogP contribution < -0.4 is 15.4 Å². The van der Waals surface area contributed by atoms with Gasteiger partial charge < -0.3 is 20.1 Å². The molecule has 0 unspecified atom stereocenters. The Morgan fingerprint density at radius 1 is 1.04 bits per heavy atom. The fourth-order valence-electron chi connectivity index (χ4n) is 1.91. The van der Waals surface area contributed by atoms with Crippen LogP contribution in [0.5, 0.6) is 5.75 Å². The molecule has 0 saturated heterocycles. The van der Waals surface area contributed by atoms with Gasteiger partial charge in [0.25, 0.3) is 0 Å². The number of hydrogen-bond donors (Lipinski definition) is 2. The number of hydrogen-bond acceptors (Lipinski definition) is 4. The topological polar surface area (TPSA) is 59.6 Å². The standard InChI is InChI=1S/C16H14Cl2N2O3S/c1-22-14-6-3-9(15(21)23-2)7-13(14)20-16(24)19-10-4-5-11(17)12(18)8-10/h3-8H,1-2H3,(H2,19,20,24). The number of halogens is 2. The van der Waals surface area contributed by atoms with Gasteiger partial charge in [-0.2, -0.15) is 0 Å². The van der Waals surface area contributed by atoms with Crippen molar-refractivity contribution in [3.05, 3.63) is 52.0 Å².